The second kappa shape index (κ2) is 11.1. The number of aromatic amines is 1. The lowest BCUT2D eigenvalue weighted by atomic mass is 10.1. The SMILES string of the molecule is O=C(O)c1cccc(SCc2cccc(Nc3ncc4c(-c5ccc(N6CCOCC6)cc5)[nH]nc4n3)c2)c1. The van der Waals surface area contributed by atoms with Crippen LogP contribution in [0.4, 0.5) is 17.3 Å². The number of carbonyl (C=O) groups is 1. The van der Waals surface area contributed by atoms with Crippen LogP contribution in [0, 0.1) is 0 Å². The minimum absolute atomic E-state index is 0.287. The van der Waals surface area contributed by atoms with E-state index in [1.165, 1.54) is 5.69 Å². The van der Waals surface area contributed by atoms with Crippen molar-refractivity contribution < 1.29 is 14.6 Å². The number of anilines is 3. The molecule has 9 nitrogen and oxygen atoms in total. The van der Waals surface area contributed by atoms with Gasteiger partial charge in [0.1, 0.15) is 0 Å². The molecule has 0 atom stereocenters. The van der Waals surface area contributed by atoms with Gasteiger partial charge in [-0.15, -0.1) is 11.8 Å². The number of ether oxygens (including phenoxy) is 1. The van der Waals surface area contributed by atoms with Crippen molar-refractivity contribution >= 4 is 46.1 Å². The first-order valence-electron chi connectivity index (χ1n) is 12.6. The second-order valence-electron chi connectivity index (χ2n) is 9.12. The van der Waals surface area contributed by atoms with Crippen molar-refractivity contribution in [3.63, 3.8) is 0 Å². The summed E-state index contributed by atoms with van der Waals surface area (Å²) < 4.78 is 5.45. The summed E-state index contributed by atoms with van der Waals surface area (Å²) in [4.78, 5) is 23.6. The zero-order chi connectivity index (χ0) is 26.6. The van der Waals surface area contributed by atoms with Crippen LogP contribution in [0.15, 0.2) is 83.9 Å². The van der Waals surface area contributed by atoms with Gasteiger partial charge in [-0.1, -0.05) is 30.3 Å². The van der Waals surface area contributed by atoms with Crippen molar-refractivity contribution in [2.45, 2.75) is 10.6 Å². The molecular weight excluding hydrogens is 512 g/mol. The van der Waals surface area contributed by atoms with Gasteiger partial charge in [0, 0.05) is 46.9 Å². The van der Waals surface area contributed by atoms with E-state index in [4.69, 9.17) is 4.74 Å². The second-order valence-corrected chi connectivity index (χ2v) is 10.2. The van der Waals surface area contributed by atoms with Gasteiger partial charge >= 0.3 is 5.97 Å². The Morgan fingerprint density at radius 2 is 1.87 bits per heavy atom. The van der Waals surface area contributed by atoms with E-state index in [0.717, 1.165) is 59.1 Å². The highest BCUT2D eigenvalue weighted by atomic mass is 32.2. The molecule has 0 spiro atoms. The van der Waals surface area contributed by atoms with E-state index in [9.17, 15) is 9.90 Å². The number of aromatic nitrogens is 4. The number of thioether (sulfide) groups is 1. The van der Waals surface area contributed by atoms with Crippen LogP contribution in [-0.2, 0) is 10.5 Å². The van der Waals surface area contributed by atoms with E-state index in [-0.39, 0.29) is 5.56 Å². The molecule has 6 rings (SSSR count). The van der Waals surface area contributed by atoms with Crippen LogP contribution in [0.25, 0.3) is 22.3 Å². The molecule has 5 aromatic rings. The number of benzene rings is 3. The third-order valence-corrected chi connectivity index (χ3v) is 7.58. The van der Waals surface area contributed by atoms with Crippen molar-refractivity contribution in [2.75, 3.05) is 36.5 Å². The maximum Gasteiger partial charge on any atom is 0.335 e. The number of rotatable bonds is 8. The molecule has 0 aliphatic carbocycles. The zero-order valence-corrected chi connectivity index (χ0v) is 21.8. The van der Waals surface area contributed by atoms with E-state index in [0.29, 0.717) is 17.3 Å². The Morgan fingerprint density at radius 3 is 2.69 bits per heavy atom. The fourth-order valence-electron chi connectivity index (χ4n) is 4.50. The molecule has 39 heavy (non-hydrogen) atoms. The number of hydrogen-bond donors (Lipinski definition) is 3. The topological polar surface area (TPSA) is 116 Å². The van der Waals surface area contributed by atoms with Gasteiger partial charge in [0.15, 0.2) is 5.65 Å². The van der Waals surface area contributed by atoms with Crippen LogP contribution in [0.2, 0.25) is 0 Å². The number of H-pyrrole nitrogens is 1. The highest BCUT2D eigenvalue weighted by Crippen LogP contribution is 2.29. The molecule has 3 aromatic carbocycles. The van der Waals surface area contributed by atoms with Gasteiger partial charge in [-0.3, -0.25) is 5.10 Å². The molecule has 0 radical (unpaired) electrons. The lowest BCUT2D eigenvalue weighted by Gasteiger charge is -2.28. The summed E-state index contributed by atoms with van der Waals surface area (Å²) in [7, 11) is 0. The lowest BCUT2D eigenvalue weighted by Crippen LogP contribution is -2.36. The number of carboxylic acid groups (broad SMARTS) is 1. The quantitative estimate of drug-likeness (QED) is 0.217. The predicted molar refractivity (Wildman–Crippen MR) is 153 cm³/mol. The molecule has 196 valence electrons. The van der Waals surface area contributed by atoms with Gasteiger partial charge in [0.05, 0.1) is 29.9 Å². The molecule has 0 amide bonds. The van der Waals surface area contributed by atoms with Gasteiger partial charge in [-0.05, 0) is 48.0 Å². The normalized spacial score (nSPS) is 13.5. The number of fused-ring (bicyclic) bond motifs is 1. The zero-order valence-electron chi connectivity index (χ0n) is 21.0. The number of nitrogens with one attached hydrogen (secondary N) is 2. The van der Waals surface area contributed by atoms with Crippen LogP contribution >= 0.6 is 11.8 Å². The summed E-state index contributed by atoms with van der Waals surface area (Å²) in [6.45, 7) is 3.32. The summed E-state index contributed by atoms with van der Waals surface area (Å²) in [5.74, 6) is 0.236. The summed E-state index contributed by atoms with van der Waals surface area (Å²) in [5, 5.41) is 20.9. The molecule has 1 saturated heterocycles. The molecule has 10 heteroatoms. The Kier molecular flexibility index (Phi) is 7.11. The van der Waals surface area contributed by atoms with E-state index in [2.05, 4.69) is 54.6 Å². The number of nitrogens with zero attached hydrogens (tertiary/aromatic N) is 4. The molecule has 1 aliphatic rings. The first kappa shape index (κ1) is 24.9. The Labute approximate surface area is 229 Å². The summed E-state index contributed by atoms with van der Waals surface area (Å²) >= 11 is 1.59. The molecule has 0 unspecified atom stereocenters. The first-order chi connectivity index (χ1) is 19.1. The highest BCUT2D eigenvalue weighted by Gasteiger charge is 2.14. The van der Waals surface area contributed by atoms with Crippen LogP contribution in [0.5, 0.6) is 0 Å². The predicted octanol–water partition coefficient (Wildman–Crippen LogP) is 5.59. The maximum absolute atomic E-state index is 11.2. The third-order valence-electron chi connectivity index (χ3n) is 6.51. The Hall–Kier alpha value is -4.41. The lowest BCUT2D eigenvalue weighted by molar-refractivity contribution is 0.0696. The van der Waals surface area contributed by atoms with Crippen molar-refractivity contribution in [2.24, 2.45) is 0 Å². The molecule has 1 aliphatic heterocycles. The Bertz CT molecular complexity index is 1620. The van der Waals surface area contributed by atoms with E-state index in [1.807, 2.05) is 30.3 Å². The van der Waals surface area contributed by atoms with Gasteiger partial charge < -0.3 is 20.1 Å². The number of carboxylic acids is 1. The molecule has 0 saturated carbocycles. The fourth-order valence-corrected chi connectivity index (χ4v) is 5.40. The fraction of sp³-hybridized carbons (Fsp3) is 0.172. The van der Waals surface area contributed by atoms with Crippen LogP contribution in [-0.4, -0.2) is 57.5 Å². The Morgan fingerprint density at radius 1 is 1.05 bits per heavy atom. The monoisotopic (exact) mass is 538 g/mol. The molecule has 0 bridgehead atoms. The number of aromatic carboxylic acids is 1. The van der Waals surface area contributed by atoms with E-state index in [1.54, 1.807) is 36.2 Å². The van der Waals surface area contributed by atoms with E-state index < -0.39 is 5.97 Å². The molecule has 1 fully saturated rings. The standard InChI is InChI=1S/C29H26N6O3S/c36-28(37)21-4-2-6-24(16-21)39-18-19-3-1-5-22(15-19)31-29-30-17-25-26(33-34-27(25)32-29)20-7-9-23(10-8-20)35-11-13-38-14-12-35/h1-10,15-17H,11-14,18H2,(H,36,37)(H2,30,31,32,33,34). The van der Waals surface area contributed by atoms with Crippen LogP contribution in [0.3, 0.4) is 0 Å². The van der Waals surface area contributed by atoms with Crippen LogP contribution < -0.4 is 10.2 Å². The van der Waals surface area contributed by atoms with Crippen molar-refractivity contribution in [3.05, 3.63) is 90.1 Å². The van der Waals surface area contributed by atoms with Gasteiger partial charge in [0.2, 0.25) is 5.95 Å². The first-order valence-corrected chi connectivity index (χ1v) is 13.6. The number of hydrogen-bond acceptors (Lipinski definition) is 8. The molecular formula is C29H26N6O3S. The molecule has 3 heterocycles. The molecule has 3 N–H and O–H groups in total. The maximum atomic E-state index is 11.2. The summed E-state index contributed by atoms with van der Waals surface area (Å²) in [6, 6.07) is 23.4. The van der Waals surface area contributed by atoms with Gasteiger partial charge in [-0.25, -0.2) is 9.78 Å². The van der Waals surface area contributed by atoms with Crippen molar-refractivity contribution in [3.8, 4) is 11.3 Å². The van der Waals surface area contributed by atoms with Crippen molar-refractivity contribution in [1.82, 2.24) is 20.2 Å². The average Bonchev–Trinajstić information content (AvgIpc) is 3.40. The Balaban J connectivity index is 1.14. The van der Waals surface area contributed by atoms with Crippen LogP contribution in [0.1, 0.15) is 15.9 Å². The van der Waals surface area contributed by atoms with Gasteiger partial charge in [-0.2, -0.15) is 10.1 Å². The average molecular weight is 539 g/mol. The third kappa shape index (κ3) is 5.71. The summed E-state index contributed by atoms with van der Waals surface area (Å²) in [5.41, 5.74) is 5.92. The van der Waals surface area contributed by atoms with E-state index >= 15 is 0 Å². The van der Waals surface area contributed by atoms with Gasteiger partial charge in [0.25, 0.3) is 0 Å². The minimum atomic E-state index is -0.925. The minimum Gasteiger partial charge on any atom is -0.478 e. The van der Waals surface area contributed by atoms with Crippen molar-refractivity contribution in [1.29, 1.82) is 0 Å². The number of morpholine rings is 1. The highest BCUT2D eigenvalue weighted by molar-refractivity contribution is 7.98. The molecule has 2 aromatic heterocycles. The smallest absolute Gasteiger partial charge is 0.335 e. The largest absolute Gasteiger partial charge is 0.478 e. The summed E-state index contributed by atoms with van der Waals surface area (Å²) in [6.07, 6.45) is 1.79.